The van der Waals surface area contributed by atoms with E-state index in [4.69, 9.17) is 4.74 Å². The number of fused-ring (bicyclic) bond motifs is 2. The zero-order chi connectivity index (χ0) is 21.5. The van der Waals surface area contributed by atoms with E-state index in [1.807, 2.05) is 30.9 Å². The molecule has 0 amide bonds. The van der Waals surface area contributed by atoms with E-state index < -0.39 is 0 Å². The third kappa shape index (κ3) is 3.11. The lowest BCUT2D eigenvalue weighted by atomic mass is 9.96. The van der Waals surface area contributed by atoms with Gasteiger partial charge in [-0.25, -0.2) is 0 Å². The van der Waals surface area contributed by atoms with E-state index in [1.54, 1.807) is 24.6 Å². The second-order valence-corrected chi connectivity index (χ2v) is 8.46. The maximum atomic E-state index is 5.35. The average molecular weight is 438 g/mol. The minimum atomic E-state index is 0.736. The summed E-state index contributed by atoms with van der Waals surface area (Å²) in [6.07, 6.45) is 9.36. The van der Waals surface area contributed by atoms with Crippen LogP contribution in [0.3, 0.4) is 0 Å². The fourth-order valence-corrected chi connectivity index (χ4v) is 4.81. The Balaban J connectivity index is 1.46. The van der Waals surface area contributed by atoms with Gasteiger partial charge in [0.1, 0.15) is 5.75 Å². The van der Waals surface area contributed by atoms with Crippen LogP contribution >= 0.6 is 11.3 Å². The van der Waals surface area contributed by atoms with Gasteiger partial charge in [0.2, 0.25) is 0 Å². The van der Waals surface area contributed by atoms with Gasteiger partial charge in [-0.2, -0.15) is 0 Å². The third-order valence-corrected chi connectivity index (χ3v) is 6.54. The molecule has 1 aliphatic heterocycles. The molecule has 1 aliphatic rings. The van der Waals surface area contributed by atoms with Crippen LogP contribution in [0.25, 0.3) is 38.0 Å². The van der Waals surface area contributed by atoms with E-state index in [2.05, 4.69) is 67.6 Å². The van der Waals surface area contributed by atoms with Gasteiger partial charge < -0.3 is 20.6 Å². The number of aromatic nitrogens is 3. The summed E-state index contributed by atoms with van der Waals surface area (Å²) < 4.78 is 5.35. The summed E-state index contributed by atoms with van der Waals surface area (Å²) in [5, 5.41) is 3.25. The third-order valence-electron chi connectivity index (χ3n) is 5.64. The number of ether oxygens (including phenoxy) is 1. The summed E-state index contributed by atoms with van der Waals surface area (Å²) in [6.45, 7) is 0. The number of rotatable bonds is 4. The van der Waals surface area contributed by atoms with E-state index in [9.17, 15) is 0 Å². The predicted molar refractivity (Wildman–Crippen MR) is 129 cm³/mol. The molecule has 5 aromatic rings. The van der Waals surface area contributed by atoms with Crippen molar-refractivity contribution in [3.8, 4) is 27.3 Å². The first-order valence-corrected chi connectivity index (χ1v) is 11.0. The summed E-state index contributed by atoms with van der Waals surface area (Å²) in [7, 11) is 1.65. The van der Waals surface area contributed by atoms with E-state index in [0.29, 0.717) is 0 Å². The van der Waals surface area contributed by atoms with Crippen molar-refractivity contribution in [2.75, 3.05) is 12.5 Å². The molecule has 6 nitrogen and oxygen atoms in total. The topological polar surface area (TPSA) is 74.9 Å². The number of nitrogens with zero attached hydrogens (tertiary/aromatic N) is 2. The van der Waals surface area contributed by atoms with Gasteiger partial charge in [-0.3, -0.25) is 9.97 Å². The molecule has 0 unspecified atom stereocenters. The monoisotopic (exact) mass is 437 g/mol. The lowest BCUT2D eigenvalue weighted by Crippen LogP contribution is -2.20. The fraction of sp³-hybridized carbons (Fsp3) is 0.0400. The average Bonchev–Trinajstić information content (AvgIpc) is 3.53. The van der Waals surface area contributed by atoms with E-state index in [-0.39, 0.29) is 0 Å². The van der Waals surface area contributed by atoms with Gasteiger partial charge in [-0.05, 0) is 41.3 Å². The maximum absolute atomic E-state index is 5.35. The number of hydrazine groups is 1. The van der Waals surface area contributed by atoms with E-state index in [0.717, 1.165) is 55.9 Å². The van der Waals surface area contributed by atoms with Crippen LogP contribution in [0.15, 0.2) is 78.8 Å². The molecule has 5 heterocycles. The van der Waals surface area contributed by atoms with Crippen LogP contribution in [0.2, 0.25) is 0 Å². The molecule has 0 saturated carbocycles. The molecule has 7 heteroatoms. The van der Waals surface area contributed by atoms with Crippen LogP contribution in [0.1, 0.15) is 11.3 Å². The van der Waals surface area contributed by atoms with Gasteiger partial charge in [-0.1, -0.05) is 12.1 Å². The van der Waals surface area contributed by atoms with Crippen molar-refractivity contribution in [1.82, 2.24) is 20.4 Å². The standard InChI is InChI=1S/C25H19N5OS/c1-31-17-7-16(10-26-11-17)15-4-5-22-18(8-15)20(13-28-30-22)23-9-19-21(25-3-2-6-32-25)12-27-14-24(19)29-23/h2-14,28-30H,1H3. The van der Waals surface area contributed by atoms with Gasteiger partial charge >= 0.3 is 0 Å². The Morgan fingerprint density at radius 2 is 1.84 bits per heavy atom. The van der Waals surface area contributed by atoms with Gasteiger partial charge in [-0.15, -0.1) is 11.3 Å². The SMILES string of the molecule is COc1cncc(-c2ccc3c(c2)C(c2cc4c(-c5cccs5)cncc4[nH]2)=CNN3)c1. The zero-order valence-electron chi connectivity index (χ0n) is 17.2. The molecule has 0 spiro atoms. The summed E-state index contributed by atoms with van der Waals surface area (Å²) in [6, 6.07) is 14.7. The Bertz CT molecular complexity index is 1470. The molecule has 0 atom stereocenters. The molecule has 4 aromatic heterocycles. The minimum absolute atomic E-state index is 0.736. The number of hydrogen-bond acceptors (Lipinski definition) is 6. The quantitative estimate of drug-likeness (QED) is 0.337. The highest BCUT2D eigenvalue weighted by Crippen LogP contribution is 2.38. The number of anilines is 1. The zero-order valence-corrected chi connectivity index (χ0v) is 18.0. The van der Waals surface area contributed by atoms with Gasteiger partial charge in [0.15, 0.2) is 0 Å². The summed E-state index contributed by atoms with van der Waals surface area (Å²) >= 11 is 1.72. The second kappa shape index (κ2) is 7.55. The highest BCUT2D eigenvalue weighted by Gasteiger charge is 2.18. The molecule has 3 N–H and O–H groups in total. The lowest BCUT2D eigenvalue weighted by molar-refractivity contribution is 0.413. The van der Waals surface area contributed by atoms with Crippen LogP contribution < -0.4 is 15.6 Å². The van der Waals surface area contributed by atoms with E-state index in [1.165, 1.54) is 4.88 Å². The van der Waals surface area contributed by atoms with Crippen molar-refractivity contribution in [3.05, 3.63) is 90.1 Å². The highest BCUT2D eigenvalue weighted by atomic mass is 32.1. The first-order valence-electron chi connectivity index (χ1n) is 10.2. The van der Waals surface area contributed by atoms with Gasteiger partial charge in [0, 0.05) is 56.8 Å². The van der Waals surface area contributed by atoms with E-state index >= 15 is 0 Å². The van der Waals surface area contributed by atoms with Crippen LogP contribution in [-0.2, 0) is 0 Å². The molecular formula is C25H19N5OS. The molecular weight excluding hydrogens is 418 g/mol. The number of hydrogen-bond donors (Lipinski definition) is 3. The Morgan fingerprint density at radius 3 is 2.72 bits per heavy atom. The molecule has 0 radical (unpaired) electrons. The summed E-state index contributed by atoms with van der Waals surface area (Å²) in [5.41, 5.74) is 14.9. The van der Waals surface area contributed by atoms with Crippen LogP contribution in [0.4, 0.5) is 5.69 Å². The molecule has 156 valence electrons. The van der Waals surface area contributed by atoms with Crippen molar-refractivity contribution >= 4 is 33.5 Å². The molecule has 0 saturated heterocycles. The molecule has 1 aromatic carbocycles. The Kier molecular flexibility index (Phi) is 4.40. The molecule has 0 aliphatic carbocycles. The smallest absolute Gasteiger partial charge is 0.137 e. The van der Waals surface area contributed by atoms with Crippen molar-refractivity contribution < 1.29 is 4.74 Å². The molecule has 6 rings (SSSR count). The van der Waals surface area contributed by atoms with Gasteiger partial charge in [0.05, 0.1) is 30.7 Å². The van der Waals surface area contributed by atoms with Crippen LogP contribution in [-0.4, -0.2) is 22.1 Å². The highest BCUT2D eigenvalue weighted by molar-refractivity contribution is 7.13. The number of thiophene rings is 1. The fourth-order valence-electron chi connectivity index (χ4n) is 4.05. The number of benzene rings is 1. The Morgan fingerprint density at radius 1 is 0.906 bits per heavy atom. The van der Waals surface area contributed by atoms with Gasteiger partial charge in [0.25, 0.3) is 0 Å². The molecule has 0 fully saturated rings. The number of pyridine rings is 2. The maximum Gasteiger partial charge on any atom is 0.137 e. The lowest BCUT2D eigenvalue weighted by Gasteiger charge is -2.21. The molecule has 0 bridgehead atoms. The van der Waals surface area contributed by atoms with Crippen molar-refractivity contribution in [2.24, 2.45) is 0 Å². The predicted octanol–water partition coefficient (Wildman–Crippen LogP) is 5.68. The summed E-state index contributed by atoms with van der Waals surface area (Å²) in [5.74, 6) is 0.736. The number of methoxy groups -OCH3 is 1. The van der Waals surface area contributed by atoms with Crippen LogP contribution in [0, 0.1) is 0 Å². The Labute approximate surface area is 188 Å². The van der Waals surface area contributed by atoms with Crippen LogP contribution in [0.5, 0.6) is 5.75 Å². The minimum Gasteiger partial charge on any atom is -0.495 e. The first kappa shape index (κ1) is 18.7. The first-order chi connectivity index (χ1) is 15.8. The molecule has 32 heavy (non-hydrogen) atoms. The normalized spacial score (nSPS) is 12.6. The summed E-state index contributed by atoms with van der Waals surface area (Å²) in [4.78, 5) is 13.5. The van der Waals surface area contributed by atoms with Crippen molar-refractivity contribution in [3.63, 3.8) is 0 Å². The number of nitrogens with one attached hydrogen (secondary N) is 3. The number of H-pyrrole nitrogens is 1. The van der Waals surface area contributed by atoms with Crippen molar-refractivity contribution in [1.29, 1.82) is 0 Å². The number of aromatic amines is 1. The Hall–Kier alpha value is -4.10. The second-order valence-electron chi connectivity index (χ2n) is 7.51. The van der Waals surface area contributed by atoms with Crippen molar-refractivity contribution in [2.45, 2.75) is 0 Å². The largest absolute Gasteiger partial charge is 0.495 e.